The lowest BCUT2D eigenvalue weighted by molar-refractivity contribution is 0.421. The van der Waals surface area contributed by atoms with Crippen molar-refractivity contribution in [3.05, 3.63) is 71.6 Å². The minimum Gasteiger partial charge on any atom is -0.353 e. The third-order valence-corrected chi connectivity index (χ3v) is 6.83. The highest BCUT2D eigenvalue weighted by atomic mass is 19.1. The molecule has 0 aromatic carbocycles. The average molecular weight is 474 g/mol. The van der Waals surface area contributed by atoms with Crippen molar-refractivity contribution in [2.75, 3.05) is 31.1 Å². The van der Waals surface area contributed by atoms with E-state index in [1.807, 2.05) is 24.5 Å². The normalized spacial score (nSPS) is 16.5. The van der Waals surface area contributed by atoms with E-state index in [0.717, 1.165) is 54.5 Å². The molecule has 0 bridgehead atoms. The molecule has 178 valence electrons. The lowest BCUT2D eigenvalue weighted by Crippen LogP contribution is -2.44. The Morgan fingerprint density at radius 2 is 1.83 bits per heavy atom. The van der Waals surface area contributed by atoms with Crippen molar-refractivity contribution in [3.63, 3.8) is 0 Å². The summed E-state index contributed by atoms with van der Waals surface area (Å²) in [6, 6.07) is 5.70. The van der Waals surface area contributed by atoms with Crippen molar-refractivity contribution in [2.24, 2.45) is 0 Å². The maximum absolute atomic E-state index is 13.6. The van der Waals surface area contributed by atoms with E-state index in [2.05, 4.69) is 25.2 Å². The van der Waals surface area contributed by atoms with Crippen LogP contribution in [0.25, 0.3) is 22.3 Å². The van der Waals surface area contributed by atoms with Gasteiger partial charge in [-0.15, -0.1) is 0 Å². The smallest absolute Gasteiger partial charge is 0.216 e. The molecule has 0 amide bonds. The van der Waals surface area contributed by atoms with Crippen LogP contribution < -0.4 is 10.2 Å². The predicted octanol–water partition coefficient (Wildman–Crippen LogP) is 4.03. The first kappa shape index (κ1) is 21.9. The molecule has 2 fully saturated rings. The second kappa shape index (κ2) is 9.22. The highest BCUT2D eigenvalue weighted by molar-refractivity contribution is 5.94. The Morgan fingerprint density at radius 3 is 2.60 bits per heavy atom. The molecule has 5 heterocycles. The molecular weight excluding hydrogens is 448 g/mol. The van der Waals surface area contributed by atoms with Gasteiger partial charge in [-0.2, -0.15) is 4.39 Å². The molecule has 6 rings (SSSR count). The summed E-state index contributed by atoms with van der Waals surface area (Å²) in [7, 11) is 0. The van der Waals surface area contributed by atoms with Crippen LogP contribution in [0.15, 0.2) is 42.9 Å². The number of aromatic nitrogens is 5. The first-order chi connectivity index (χ1) is 17.1. The van der Waals surface area contributed by atoms with Crippen LogP contribution in [0.3, 0.4) is 0 Å². The summed E-state index contributed by atoms with van der Waals surface area (Å²) in [6.07, 6.45) is 9.26. The van der Waals surface area contributed by atoms with Gasteiger partial charge in [0.1, 0.15) is 11.6 Å². The first-order valence-corrected chi connectivity index (χ1v) is 12.0. The van der Waals surface area contributed by atoms with Crippen LogP contribution in [0, 0.1) is 11.8 Å². The average Bonchev–Trinajstić information content (AvgIpc) is 2.82. The van der Waals surface area contributed by atoms with E-state index in [1.165, 1.54) is 30.9 Å². The van der Waals surface area contributed by atoms with E-state index in [9.17, 15) is 8.78 Å². The summed E-state index contributed by atoms with van der Waals surface area (Å²) >= 11 is 0. The van der Waals surface area contributed by atoms with Crippen molar-refractivity contribution in [1.29, 1.82) is 0 Å². The topological polar surface area (TPSA) is 79.7 Å². The summed E-state index contributed by atoms with van der Waals surface area (Å²) < 4.78 is 27.2. The molecule has 0 unspecified atom stereocenters. The molecule has 2 aliphatic rings. The lowest BCUT2D eigenvalue weighted by atomic mass is 9.79. The number of hydrogen-bond donors (Lipinski definition) is 1. The highest BCUT2D eigenvalue weighted by Gasteiger charge is 2.26. The van der Waals surface area contributed by atoms with Crippen LogP contribution >= 0.6 is 0 Å². The molecule has 0 radical (unpaired) electrons. The summed E-state index contributed by atoms with van der Waals surface area (Å²) in [5.41, 5.74) is 3.78. The first-order valence-electron chi connectivity index (χ1n) is 12.0. The molecule has 0 spiro atoms. The fourth-order valence-corrected chi connectivity index (χ4v) is 4.86. The van der Waals surface area contributed by atoms with Crippen molar-refractivity contribution in [1.82, 2.24) is 30.2 Å². The molecule has 1 N–H and O–H groups in total. The summed E-state index contributed by atoms with van der Waals surface area (Å²) in [6.45, 7) is 3.55. The van der Waals surface area contributed by atoms with Crippen LogP contribution in [0.1, 0.15) is 42.1 Å². The van der Waals surface area contributed by atoms with Gasteiger partial charge in [-0.25, -0.2) is 19.3 Å². The van der Waals surface area contributed by atoms with Gasteiger partial charge >= 0.3 is 0 Å². The van der Waals surface area contributed by atoms with Crippen molar-refractivity contribution < 1.29 is 8.78 Å². The van der Waals surface area contributed by atoms with Gasteiger partial charge in [0.25, 0.3) is 0 Å². The molecule has 1 aliphatic carbocycles. The molecule has 4 aromatic heterocycles. The maximum Gasteiger partial charge on any atom is 0.216 e. The summed E-state index contributed by atoms with van der Waals surface area (Å²) in [4.78, 5) is 25.0. The number of nitrogens with one attached hydrogen (secondary N) is 1. The Hall–Kier alpha value is -3.59. The highest BCUT2D eigenvalue weighted by Crippen LogP contribution is 2.41. The molecular formula is C26H25F2N7. The van der Waals surface area contributed by atoms with Crippen molar-refractivity contribution in [3.8, 4) is 11.4 Å². The van der Waals surface area contributed by atoms with E-state index < -0.39 is 11.8 Å². The second-order valence-corrected chi connectivity index (χ2v) is 9.17. The molecule has 35 heavy (non-hydrogen) atoms. The second-order valence-electron chi connectivity index (χ2n) is 9.17. The van der Waals surface area contributed by atoms with E-state index >= 15 is 0 Å². The van der Waals surface area contributed by atoms with Crippen LogP contribution in [0.4, 0.5) is 14.6 Å². The predicted molar refractivity (Wildman–Crippen MR) is 129 cm³/mol. The van der Waals surface area contributed by atoms with E-state index in [1.54, 1.807) is 6.20 Å². The molecule has 7 nitrogen and oxygen atoms in total. The van der Waals surface area contributed by atoms with Gasteiger partial charge in [0.2, 0.25) is 5.95 Å². The van der Waals surface area contributed by atoms with Gasteiger partial charge < -0.3 is 10.2 Å². The van der Waals surface area contributed by atoms with E-state index in [4.69, 9.17) is 9.97 Å². The molecule has 1 aliphatic heterocycles. The lowest BCUT2D eigenvalue weighted by Gasteiger charge is -2.32. The molecule has 4 aromatic rings. The van der Waals surface area contributed by atoms with Gasteiger partial charge in [0, 0.05) is 67.7 Å². The number of halogens is 2. The Bertz CT molecular complexity index is 1360. The zero-order valence-corrected chi connectivity index (χ0v) is 19.2. The third kappa shape index (κ3) is 4.43. The van der Waals surface area contributed by atoms with Gasteiger partial charge in [-0.05, 0) is 42.5 Å². The van der Waals surface area contributed by atoms with Crippen LogP contribution in [-0.2, 0) is 6.42 Å². The standard InChI is InChI=1S/C26H25F2N7/c27-18-11-20(32-23(28)12-18)13-19-10-17(4-5-31-19)25-33-22-15-30-14-21(16-2-1-3-16)24(22)26(34-25)35-8-6-29-7-9-35/h4-5,10-12,14-16,29H,1-3,6-9,13H2. The molecule has 9 heteroatoms. The SMILES string of the molecule is Fc1cc(F)nc(Cc2cc(-c3nc(N4CCNCC4)c4c(C5CCC5)cncc4n3)ccn2)c1. The number of anilines is 1. The summed E-state index contributed by atoms with van der Waals surface area (Å²) in [5, 5.41) is 4.51. The number of piperazine rings is 1. The van der Waals surface area contributed by atoms with Crippen LogP contribution in [-0.4, -0.2) is 51.1 Å². The number of rotatable bonds is 5. The van der Waals surface area contributed by atoms with E-state index in [-0.39, 0.29) is 12.1 Å². The van der Waals surface area contributed by atoms with Gasteiger partial charge in [0.05, 0.1) is 17.4 Å². The van der Waals surface area contributed by atoms with Crippen molar-refractivity contribution >= 4 is 16.7 Å². The number of hydrogen-bond acceptors (Lipinski definition) is 7. The van der Waals surface area contributed by atoms with Crippen LogP contribution in [0.2, 0.25) is 0 Å². The molecule has 1 saturated heterocycles. The minimum atomic E-state index is -0.843. The zero-order chi connectivity index (χ0) is 23.8. The summed E-state index contributed by atoms with van der Waals surface area (Å²) in [5.74, 6) is 0.541. The Balaban J connectivity index is 1.43. The van der Waals surface area contributed by atoms with Crippen LogP contribution in [0.5, 0.6) is 0 Å². The Kier molecular flexibility index (Phi) is 5.77. The fourth-order valence-electron chi connectivity index (χ4n) is 4.86. The fraction of sp³-hybridized carbons (Fsp3) is 0.346. The Morgan fingerprint density at radius 1 is 0.971 bits per heavy atom. The maximum atomic E-state index is 13.6. The third-order valence-electron chi connectivity index (χ3n) is 6.83. The van der Waals surface area contributed by atoms with E-state index in [0.29, 0.717) is 17.4 Å². The molecule has 0 atom stereocenters. The molecule has 1 saturated carbocycles. The van der Waals surface area contributed by atoms with Crippen molar-refractivity contribution in [2.45, 2.75) is 31.6 Å². The zero-order valence-electron chi connectivity index (χ0n) is 19.2. The quantitative estimate of drug-likeness (QED) is 0.439. The van der Waals surface area contributed by atoms with Gasteiger partial charge in [-0.1, -0.05) is 6.42 Å². The van der Waals surface area contributed by atoms with Gasteiger partial charge in [0.15, 0.2) is 5.82 Å². The minimum absolute atomic E-state index is 0.203. The Labute approximate surface area is 201 Å². The number of fused-ring (bicyclic) bond motifs is 1. The number of pyridine rings is 3. The largest absolute Gasteiger partial charge is 0.353 e. The monoisotopic (exact) mass is 473 g/mol. The number of nitrogens with zero attached hydrogens (tertiary/aromatic N) is 6. The van der Waals surface area contributed by atoms with Gasteiger partial charge in [-0.3, -0.25) is 9.97 Å².